The summed E-state index contributed by atoms with van der Waals surface area (Å²) in [5.41, 5.74) is 0. The molecule has 2 aromatic rings. The van der Waals surface area contributed by atoms with E-state index in [-0.39, 0.29) is 10.9 Å². The summed E-state index contributed by atoms with van der Waals surface area (Å²) in [5.74, 6) is 0.363. The van der Waals surface area contributed by atoms with E-state index in [2.05, 4.69) is 20.0 Å². The van der Waals surface area contributed by atoms with E-state index in [4.69, 9.17) is 11.6 Å². The molecule has 20 heavy (non-hydrogen) atoms. The number of halogens is 1. The second-order valence-corrected chi connectivity index (χ2v) is 7.44. The van der Waals surface area contributed by atoms with Crippen molar-refractivity contribution in [3.05, 3.63) is 33.7 Å². The van der Waals surface area contributed by atoms with Crippen molar-refractivity contribution in [3.8, 4) is 0 Å². The summed E-state index contributed by atoms with van der Waals surface area (Å²) in [6.07, 6.45) is 2.52. The zero-order chi connectivity index (χ0) is 14.8. The fraction of sp³-hybridized carbons (Fsp3) is 0.273. The van der Waals surface area contributed by atoms with Gasteiger partial charge in [-0.25, -0.2) is 23.1 Å². The van der Waals surface area contributed by atoms with Crippen molar-refractivity contribution in [1.29, 1.82) is 0 Å². The van der Waals surface area contributed by atoms with Gasteiger partial charge in [-0.05, 0) is 19.1 Å². The van der Waals surface area contributed by atoms with Gasteiger partial charge in [0.2, 0.25) is 16.0 Å². The Morgan fingerprint density at radius 1 is 1.30 bits per heavy atom. The maximum Gasteiger partial charge on any atom is 0.244 e. The van der Waals surface area contributed by atoms with Crippen LogP contribution in [-0.2, 0) is 10.0 Å². The molecular weight excluding hydrogens is 320 g/mol. The molecule has 2 rings (SSSR count). The minimum absolute atomic E-state index is 0.0194. The standard InChI is InChI=1S/C11H13ClN4O2S2/c1-7(9-3-4-10(12)19-9)16-20(17,18)8-5-14-11(13-2)15-6-8/h3-7,16H,1-2H3,(H,13,14,15). The molecule has 1 unspecified atom stereocenters. The van der Waals surface area contributed by atoms with E-state index in [9.17, 15) is 8.42 Å². The lowest BCUT2D eigenvalue weighted by Gasteiger charge is -2.12. The van der Waals surface area contributed by atoms with Gasteiger partial charge in [0.05, 0.1) is 22.8 Å². The Balaban J connectivity index is 2.17. The third-order valence-electron chi connectivity index (χ3n) is 2.51. The minimum atomic E-state index is -3.66. The van der Waals surface area contributed by atoms with Crippen molar-refractivity contribution in [3.63, 3.8) is 0 Å². The lowest BCUT2D eigenvalue weighted by Crippen LogP contribution is -2.26. The van der Waals surface area contributed by atoms with Crippen LogP contribution in [0.3, 0.4) is 0 Å². The Morgan fingerprint density at radius 3 is 2.45 bits per heavy atom. The first-order valence-electron chi connectivity index (χ1n) is 5.70. The van der Waals surface area contributed by atoms with Crippen LogP contribution in [0, 0.1) is 0 Å². The second-order valence-electron chi connectivity index (χ2n) is 3.98. The molecule has 0 saturated heterocycles. The van der Waals surface area contributed by atoms with Gasteiger partial charge in [0.1, 0.15) is 4.90 Å². The van der Waals surface area contributed by atoms with Gasteiger partial charge < -0.3 is 5.32 Å². The molecule has 6 nitrogen and oxygen atoms in total. The largest absolute Gasteiger partial charge is 0.357 e. The second kappa shape index (κ2) is 6.04. The van der Waals surface area contributed by atoms with Crippen molar-refractivity contribution in [1.82, 2.24) is 14.7 Å². The molecule has 0 aliphatic heterocycles. The molecule has 2 aromatic heterocycles. The predicted molar refractivity (Wildman–Crippen MR) is 79.6 cm³/mol. The van der Waals surface area contributed by atoms with Crippen LogP contribution < -0.4 is 10.0 Å². The van der Waals surface area contributed by atoms with Crippen LogP contribution in [0.15, 0.2) is 29.4 Å². The average Bonchev–Trinajstić information content (AvgIpc) is 2.85. The number of nitrogens with one attached hydrogen (secondary N) is 2. The molecule has 0 saturated carbocycles. The van der Waals surface area contributed by atoms with Crippen molar-refractivity contribution in [2.24, 2.45) is 0 Å². The summed E-state index contributed by atoms with van der Waals surface area (Å²) in [6, 6.07) is 3.15. The molecule has 9 heteroatoms. The maximum absolute atomic E-state index is 12.2. The number of hydrogen-bond acceptors (Lipinski definition) is 6. The molecule has 0 bridgehead atoms. The topological polar surface area (TPSA) is 84.0 Å². The van der Waals surface area contributed by atoms with Crippen LogP contribution in [0.1, 0.15) is 17.8 Å². The smallest absolute Gasteiger partial charge is 0.244 e. The fourth-order valence-electron chi connectivity index (χ4n) is 1.50. The lowest BCUT2D eigenvalue weighted by atomic mass is 10.3. The van der Waals surface area contributed by atoms with Gasteiger partial charge in [0.15, 0.2) is 0 Å². The van der Waals surface area contributed by atoms with Crippen molar-refractivity contribution < 1.29 is 8.42 Å². The average molecular weight is 333 g/mol. The first-order valence-corrected chi connectivity index (χ1v) is 8.37. The molecular formula is C11H13ClN4O2S2. The third-order valence-corrected chi connectivity index (χ3v) is 5.42. The van der Waals surface area contributed by atoms with E-state index in [0.717, 1.165) is 4.88 Å². The molecule has 108 valence electrons. The quantitative estimate of drug-likeness (QED) is 0.877. The van der Waals surface area contributed by atoms with Crippen molar-refractivity contribution >= 4 is 38.9 Å². The summed E-state index contributed by atoms with van der Waals surface area (Å²) < 4.78 is 27.5. The van der Waals surface area contributed by atoms with Gasteiger partial charge in [-0.1, -0.05) is 11.6 Å². The molecule has 0 spiro atoms. The SMILES string of the molecule is CNc1ncc(S(=O)(=O)NC(C)c2ccc(Cl)s2)cn1. The summed E-state index contributed by atoms with van der Waals surface area (Å²) in [4.78, 5) is 8.63. The van der Waals surface area contributed by atoms with Crippen LogP contribution in [0.25, 0.3) is 0 Å². The Bertz CT molecular complexity index is 685. The normalized spacial score (nSPS) is 13.2. The van der Waals surface area contributed by atoms with Crippen molar-refractivity contribution in [2.45, 2.75) is 17.9 Å². The zero-order valence-corrected chi connectivity index (χ0v) is 13.2. The number of hydrogen-bond donors (Lipinski definition) is 2. The molecule has 0 aromatic carbocycles. The molecule has 0 aliphatic carbocycles. The van der Waals surface area contributed by atoms with Gasteiger partial charge in [0, 0.05) is 11.9 Å². The maximum atomic E-state index is 12.2. The molecule has 2 heterocycles. The minimum Gasteiger partial charge on any atom is -0.357 e. The highest BCUT2D eigenvalue weighted by Crippen LogP contribution is 2.27. The van der Waals surface area contributed by atoms with E-state index in [1.54, 1.807) is 26.1 Å². The van der Waals surface area contributed by atoms with E-state index >= 15 is 0 Å². The Hall–Kier alpha value is -1.22. The Kier molecular flexibility index (Phi) is 4.59. The van der Waals surface area contributed by atoms with Crippen LogP contribution in [-0.4, -0.2) is 25.4 Å². The summed E-state index contributed by atoms with van der Waals surface area (Å²) in [7, 11) is -2.01. The van der Waals surface area contributed by atoms with E-state index in [1.165, 1.54) is 23.7 Å². The number of rotatable bonds is 5. The summed E-state index contributed by atoms with van der Waals surface area (Å²) >= 11 is 7.18. The molecule has 0 fully saturated rings. The predicted octanol–water partition coefficient (Wildman–Crippen LogP) is 2.27. The van der Waals surface area contributed by atoms with Gasteiger partial charge in [-0.15, -0.1) is 11.3 Å². The Morgan fingerprint density at radius 2 is 1.95 bits per heavy atom. The number of nitrogens with zero attached hydrogens (tertiary/aromatic N) is 2. The zero-order valence-electron chi connectivity index (χ0n) is 10.8. The number of sulfonamides is 1. The van der Waals surface area contributed by atoms with Crippen molar-refractivity contribution in [2.75, 3.05) is 12.4 Å². The van der Waals surface area contributed by atoms with E-state index in [1.807, 2.05) is 0 Å². The van der Waals surface area contributed by atoms with Crippen LogP contribution in [0.4, 0.5) is 5.95 Å². The third kappa shape index (κ3) is 3.45. The molecule has 0 aliphatic rings. The highest BCUT2D eigenvalue weighted by atomic mass is 35.5. The molecule has 0 amide bonds. The summed E-state index contributed by atoms with van der Waals surface area (Å²) in [6.45, 7) is 1.75. The monoisotopic (exact) mass is 332 g/mol. The van der Waals surface area contributed by atoms with Gasteiger partial charge in [-0.2, -0.15) is 0 Å². The van der Waals surface area contributed by atoms with Gasteiger partial charge in [0.25, 0.3) is 0 Å². The number of anilines is 1. The molecule has 2 N–H and O–H groups in total. The molecule has 1 atom stereocenters. The van der Waals surface area contributed by atoms with E-state index < -0.39 is 10.0 Å². The molecule has 0 radical (unpaired) electrons. The van der Waals surface area contributed by atoms with Gasteiger partial charge >= 0.3 is 0 Å². The fourth-order valence-corrected chi connectivity index (χ4v) is 3.75. The lowest BCUT2D eigenvalue weighted by molar-refractivity contribution is 0.567. The van der Waals surface area contributed by atoms with Crippen LogP contribution >= 0.6 is 22.9 Å². The first-order chi connectivity index (χ1) is 9.42. The number of aromatic nitrogens is 2. The van der Waals surface area contributed by atoms with Crippen LogP contribution in [0.2, 0.25) is 4.34 Å². The van der Waals surface area contributed by atoms with Crippen LogP contribution in [0.5, 0.6) is 0 Å². The number of thiophene rings is 1. The first kappa shape index (κ1) is 15.2. The highest BCUT2D eigenvalue weighted by molar-refractivity contribution is 7.89. The highest BCUT2D eigenvalue weighted by Gasteiger charge is 2.20. The Labute approximate surface area is 126 Å². The van der Waals surface area contributed by atoms with Gasteiger partial charge in [-0.3, -0.25) is 0 Å². The summed E-state index contributed by atoms with van der Waals surface area (Å²) in [5, 5.41) is 2.72. The van der Waals surface area contributed by atoms with E-state index in [0.29, 0.717) is 10.3 Å².